The van der Waals surface area contributed by atoms with E-state index in [4.69, 9.17) is 4.74 Å². The number of aliphatic carboxylic acids is 1. The number of alkyl carbamates (subject to hydrolysis) is 1. The van der Waals surface area contributed by atoms with Crippen LogP contribution >= 0.6 is 0 Å². The van der Waals surface area contributed by atoms with Crippen LogP contribution in [0.25, 0.3) is 0 Å². The van der Waals surface area contributed by atoms with Crippen molar-refractivity contribution in [3.63, 3.8) is 0 Å². The van der Waals surface area contributed by atoms with Gasteiger partial charge in [-0.3, -0.25) is 9.59 Å². The van der Waals surface area contributed by atoms with Gasteiger partial charge >= 0.3 is 12.1 Å². The smallest absolute Gasteiger partial charge is 0.408 e. The number of carbonyl (C=O) groups excluding carboxylic acids is 3. The Morgan fingerprint density at radius 2 is 1.88 bits per heavy atom. The van der Waals surface area contributed by atoms with E-state index in [0.29, 0.717) is 6.41 Å². The highest BCUT2D eigenvalue weighted by atomic mass is 16.6. The van der Waals surface area contributed by atoms with Crippen LogP contribution in [-0.4, -0.2) is 41.0 Å². The van der Waals surface area contributed by atoms with E-state index in [1.54, 1.807) is 32.9 Å². The maximum atomic E-state index is 12.3. The molecular formula is C16H20N2O6. The van der Waals surface area contributed by atoms with E-state index in [-0.39, 0.29) is 11.3 Å². The number of anilines is 1. The highest BCUT2D eigenvalue weighted by molar-refractivity contribution is 6.04. The van der Waals surface area contributed by atoms with E-state index in [2.05, 4.69) is 10.6 Å². The first-order valence-corrected chi connectivity index (χ1v) is 7.19. The molecule has 0 saturated heterocycles. The summed E-state index contributed by atoms with van der Waals surface area (Å²) in [5, 5.41) is 13.7. The number of nitrogens with one attached hydrogen (secondary N) is 2. The second-order valence-corrected chi connectivity index (χ2v) is 5.97. The van der Waals surface area contributed by atoms with Gasteiger partial charge in [0, 0.05) is 12.0 Å². The Labute approximate surface area is 139 Å². The zero-order valence-electron chi connectivity index (χ0n) is 13.7. The number of benzene rings is 1. The van der Waals surface area contributed by atoms with Gasteiger partial charge in [-0.25, -0.2) is 9.59 Å². The van der Waals surface area contributed by atoms with E-state index in [1.807, 2.05) is 0 Å². The SMILES string of the molecule is CC(C)(C)OC(=O)NC(CC(=O)c1ccccc1NC=O)C(=O)O. The summed E-state index contributed by atoms with van der Waals surface area (Å²) in [6.07, 6.45) is -0.992. The number of Topliss-reactive ketones (excluding diaryl/α,β-unsaturated/α-hetero) is 1. The highest BCUT2D eigenvalue weighted by Gasteiger charge is 2.27. The topological polar surface area (TPSA) is 122 Å². The normalized spacial score (nSPS) is 12.0. The molecule has 8 heteroatoms. The van der Waals surface area contributed by atoms with Gasteiger partial charge in [0.25, 0.3) is 0 Å². The number of hydrogen-bond donors (Lipinski definition) is 3. The summed E-state index contributed by atoms with van der Waals surface area (Å²) in [4.78, 5) is 45.9. The third-order valence-electron chi connectivity index (χ3n) is 2.82. The molecule has 0 bridgehead atoms. The number of rotatable bonds is 7. The van der Waals surface area contributed by atoms with Crippen LogP contribution in [0.5, 0.6) is 0 Å². The number of carboxylic acid groups (broad SMARTS) is 1. The fraction of sp³-hybridized carbons (Fsp3) is 0.375. The Morgan fingerprint density at radius 3 is 2.42 bits per heavy atom. The van der Waals surface area contributed by atoms with Crippen LogP contribution < -0.4 is 10.6 Å². The Hall–Kier alpha value is -2.90. The van der Waals surface area contributed by atoms with E-state index in [9.17, 15) is 24.3 Å². The largest absolute Gasteiger partial charge is 0.480 e. The molecule has 0 fully saturated rings. The number of ether oxygens (including phenoxy) is 1. The van der Waals surface area contributed by atoms with Gasteiger partial charge < -0.3 is 20.5 Å². The minimum absolute atomic E-state index is 0.154. The number of para-hydroxylation sites is 1. The van der Waals surface area contributed by atoms with Crippen molar-refractivity contribution in [2.24, 2.45) is 0 Å². The van der Waals surface area contributed by atoms with Gasteiger partial charge in [0.05, 0.1) is 5.69 Å². The van der Waals surface area contributed by atoms with Crippen molar-refractivity contribution in [3.8, 4) is 0 Å². The van der Waals surface area contributed by atoms with Crippen molar-refractivity contribution in [2.45, 2.75) is 38.8 Å². The number of hydrogen-bond acceptors (Lipinski definition) is 5. The molecule has 1 aromatic rings. The minimum Gasteiger partial charge on any atom is -0.480 e. The molecule has 0 spiro atoms. The molecular weight excluding hydrogens is 316 g/mol. The monoisotopic (exact) mass is 336 g/mol. The summed E-state index contributed by atoms with van der Waals surface area (Å²) in [5.41, 5.74) is -0.377. The molecule has 24 heavy (non-hydrogen) atoms. The summed E-state index contributed by atoms with van der Waals surface area (Å²) in [5.74, 6) is -1.90. The number of carbonyl (C=O) groups is 4. The highest BCUT2D eigenvalue weighted by Crippen LogP contribution is 2.17. The van der Waals surface area contributed by atoms with Crippen LogP contribution in [0, 0.1) is 0 Å². The molecule has 8 nitrogen and oxygen atoms in total. The predicted octanol–water partition coefficient (Wildman–Crippen LogP) is 1.81. The van der Waals surface area contributed by atoms with Crippen LogP contribution in [-0.2, 0) is 14.3 Å². The fourth-order valence-electron chi connectivity index (χ4n) is 1.86. The maximum absolute atomic E-state index is 12.3. The number of ketones is 1. The van der Waals surface area contributed by atoms with E-state index < -0.39 is 35.9 Å². The molecule has 0 saturated carbocycles. The predicted molar refractivity (Wildman–Crippen MR) is 85.9 cm³/mol. The standard InChI is InChI=1S/C16H20N2O6/c1-16(2,3)24-15(23)18-12(14(21)22)8-13(20)10-6-4-5-7-11(10)17-9-19/h4-7,9,12H,8H2,1-3H3,(H,17,19)(H,18,23)(H,21,22). The molecule has 0 radical (unpaired) electrons. The van der Waals surface area contributed by atoms with Gasteiger partial charge in [-0.15, -0.1) is 0 Å². The molecule has 1 atom stereocenters. The van der Waals surface area contributed by atoms with Gasteiger partial charge in [0.15, 0.2) is 5.78 Å². The van der Waals surface area contributed by atoms with Gasteiger partial charge in [0.1, 0.15) is 11.6 Å². The van der Waals surface area contributed by atoms with Crippen molar-refractivity contribution in [3.05, 3.63) is 29.8 Å². The molecule has 0 aliphatic rings. The molecule has 0 aliphatic carbocycles. The molecule has 1 unspecified atom stereocenters. The van der Waals surface area contributed by atoms with Crippen molar-refractivity contribution in [1.82, 2.24) is 5.32 Å². The zero-order valence-corrected chi connectivity index (χ0v) is 13.7. The summed E-state index contributed by atoms with van der Waals surface area (Å²) in [6.45, 7) is 4.90. The Kier molecular flexibility index (Phi) is 6.46. The summed E-state index contributed by atoms with van der Waals surface area (Å²) < 4.78 is 4.98. The van der Waals surface area contributed by atoms with Crippen LogP contribution in [0.2, 0.25) is 0 Å². The molecule has 2 amide bonds. The Morgan fingerprint density at radius 1 is 1.25 bits per heavy atom. The second kappa shape index (κ2) is 8.09. The van der Waals surface area contributed by atoms with Crippen molar-refractivity contribution in [1.29, 1.82) is 0 Å². The number of amides is 2. The lowest BCUT2D eigenvalue weighted by Gasteiger charge is -2.21. The van der Waals surface area contributed by atoms with Crippen LogP contribution in [0.3, 0.4) is 0 Å². The molecule has 1 aromatic carbocycles. The van der Waals surface area contributed by atoms with Gasteiger partial charge in [-0.05, 0) is 32.9 Å². The fourth-order valence-corrected chi connectivity index (χ4v) is 1.86. The van der Waals surface area contributed by atoms with E-state index >= 15 is 0 Å². The van der Waals surface area contributed by atoms with Crippen molar-refractivity contribution >= 4 is 29.9 Å². The lowest BCUT2D eigenvalue weighted by atomic mass is 10.0. The van der Waals surface area contributed by atoms with Gasteiger partial charge in [-0.2, -0.15) is 0 Å². The van der Waals surface area contributed by atoms with E-state index in [0.717, 1.165) is 0 Å². The molecule has 0 heterocycles. The summed E-state index contributed by atoms with van der Waals surface area (Å²) in [6, 6.07) is 4.73. The average Bonchev–Trinajstić information content (AvgIpc) is 2.45. The van der Waals surface area contributed by atoms with Crippen LogP contribution in [0.15, 0.2) is 24.3 Å². The number of carboxylic acids is 1. The first-order chi connectivity index (χ1) is 11.1. The minimum atomic E-state index is -1.45. The van der Waals surface area contributed by atoms with Gasteiger partial charge in [0.2, 0.25) is 6.41 Å². The van der Waals surface area contributed by atoms with Crippen LogP contribution in [0.1, 0.15) is 37.6 Å². The summed E-state index contributed by atoms with van der Waals surface area (Å²) >= 11 is 0. The first-order valence-electron chi connectivity index (χ1n) is 7.19. The van der Waals surface area contributed by atoms with Crippen molar-refractivity contribution < 1.29 is 29.0 Å². The lowest BCUT2D eigenvalue weighted by molar-refractivity contribution is -0.139. The average molecular weight is 336 g/mol. The maximum Gasteiger partial charge on any atom is 0.408 e. The Balaban J connectivity index is 2.86. The third-order valence-corrected chi connectivity index (χ3v) is 2.82. The van der Waals surface area contributed by atoms with Crippen LogP contribution in [0.4, 0.5) is 10.5 Å². The van der Waals surface area contributed by atoms with Gasteiger partial charge in [-0.1, -0.05) is 12.1 Å². The van der Waals surface area contributed by atoms with E-state index in [1.165, 1.54) is 12.1 Å². The second-order valence-electron chi connectivity index (χ2n) is 5.97. The molecule has 0 aliphatic heterocycles. The summed E-state index contributed by atoms with van der Waals surface area (Å²) in [7, 11) is 0. The molecule has 130 valence electrons. The molecule has 0 aromatic heterocycles. The lowest BCUT2D eigenvalue weighted by Crippen LogP contribution is -2.44. The molecule has 1 rings (SSSR count). The zero-order chi connectivity index (χ0) is 18.3. The Bertz CT molecular complexity index is 636. The quantitative estimate of drug-likeness (QED) is 0.515. The first kappa shape index (κ1) is 19.1. The van der Waals surface area contributed by atoms with Crippen molar-refractivity contribution in [2.75, 3.05) is 5.32 Å². The third kappa shape index (κ3) is 6.07. The molecule has 3 N–H and O–H groups in total.